The highest BCUT2D eigenvalue weighted by molar-refractivity contribution is 7.92. The molecule has 0 radical (unpaired) electrons. The number of aryl methyl sites for hydroxylation is 2. The Morgan fingerprint density at radius 1 is 0.893 bits per heavy atom. The maximum atomic E-state index is 12.6. The second kappa shape index (κ2) is 8.04. The average Bonchev–Trinajstić information content (AvgIpc) is 2.65. The van der Waals surface area contributed by atoms with Crippen molar-refractivity contribution in [1.82, 2.24) is 0 Å². The minimum Gasteiger partial charge on any atom is -0.322 e. The number of hydrogen-bond donors (Lipinski definition) is 2. The van der Waals surface area contributed by atoms with Gasteiger partial charge in [-0.15, -0.1) is 0 Å². The summed E-state index contributed by atoms with van der Waals surface area (Å²) in [7, 11) is -3.73. The lowest BCUT2D eigenvalue weighted by atomic mass is 10.1. The van der Waals surface area contributed by atoms with Crippen LogP contribution in [0.1, 0.15) is 21.5 Å². The molecule has 7 heteroatoms. The van der Waals surface area contributed by atoms with Gasteiger partial charge in [0, 0.05) is 16.3 Å². The van der Waals surface area contributed by atoms with Gasteiger partial charge in [0.2, 0.25) is 0 Å². The van der Waals surface area contributed by atoms with E-state index in [-0.39, 0.29) is 10.8 Å². The number of hydrogen-bond acceptors (Lipinski definition) is 3. The molecule has 0 atom stereocenters. The molecule has 2 N–H and O–H groups in total. The van der Waals surface area contributed by atoms with Gasteiger partial charge >= 0.3 is 0 Å². The smallest absolute Gasteiger partial charge is 0.261 e. The van der Waals surface area contributed by atoms with E-state index in [0.717, 1.165) is 11.1 Å². The average molecular weight is 415 g/mol. The van der Waals surface area contributed by atoms with Crippen molar-refractivity contribution in [2.24, 2.45) is 0 Å². The summed E-state index contributed by atoms with van der Waals surface area (Å²) in [5.74, 6) is -0.305. The molecule has 0 spiro atoms. The molecule has 1 amide bonds. The van der Waals surface area contributed by atoms with Crippen LogP contribution < -0.4 is 10.0 Å². The first kappa shape index (κ1) is 19.9. The highest BCUT2D eigenvalue weighted by Gasteiger charge is 2.16. The van der Waals surface area contributed by atoms with Gasteiger partial charge in [-0.1, -0.05) is 23.7 Å². The second-order valence-corrected chi connectivity index (χ2v) is 8.53. The molecule has 0 fully saturated rings. The van der Waals surface area contributed by atoms with Gasteiger partial charge in [-0.2, -0.15) is 0 Å². The second-order valence-electron chi connectivity index (χ2n) is 6.41. The standard InChI is InChI=1S/C21H19ClN2O3S/c1-14-3-4-15(2)20(13-14)24-28(26,27)19-11-9-18(10-12-19)23-21(25)16-5-7-17(22)8-6-16/h3-13,24H,1-2H3,(H,23,25). The molecule has 3 rings (SSSR count). The van der Waals surface area contributed by atoms with Gasteiger partial charge < -0.3 is 5.32 Å². The Kier molecular flexibility index (Phi) is 5.72. The topological polar surface area (TPSA) is 75.3 Å². The minimum atomic E-state index is -3.73. The van der Waals surface area contributed by atoms with E-state index in [0.29, 0.717) is 22.0 Å². The summed E-state index contributed by atoms with van der Waals surface area (Å²) in [6.45, 7) is 3.74. The fourth-order valence-electron chi connectivity index (χ4n) is 2.57. The molecular weight excluding hydrogens is 396 g/mol. The zero-order valence-electron chi connectivity index (χ0n) is 15.4. The number of rotatable bonds is 5. The van der Waals surface area contributed by atoms with Gasteiger partial charge in [0.05, 0.1) is 10.6 Å². The highest BCUT2D eigenvalue weighted by atomic mass is 35.5. The van der Waals surface area contributed by atoms with Crippen LogP contribution in [-0.2, 0) is 10.0 Å². The Balaban J connectivity index is 1.75. The van der Waals surface area contributed by atoms with Gasteiger partial charge in [0.1, 0.15) is 0 Å². The van der Waals surface area contributed by atoms with E-state index in [2.05, 4.69) is 10.0 Å². The van der Waals surface area contributed by atoms with E-state index in [1.54, 1.807) is 42.5 Å². The summed E-state index contributed by atoms with van der Waals surface area (Å²) in [5, 5.41) is 3.27. The maximum Gasteiger partial charge on any atom is 0.261 e. The normalized spacial score (nSPS) is 11.1. The van der Waals surface area contributed by atoms with Crippen LogP contribution in [0.25, 0.3) is 0 Å². The third-order valence-corrected chi connectivity index (χ3v) is 5.80. The Hall–Kier alpha value is -2.83. The fourth-order valence-corrected chi connectivity index (χ4v) is 3.82. The molecule has 0 unspecified atom stereocenters. The molecule has 0 aliphatic carbocycles. The SMILES string of the molecule is Cc1ccc(C)c(NS(=O)(=O)c2ccc(NC(=O)c3ccc(Cl)cc3)cc2)c1. The van der Waals surface area contributed by atoms with E-state index < -0.39 is 10.0 Å². The summed E-state index contributed by atoms with van der Waals surface area (Å²) >= 11 is 5.82. The van der Waals surface area contributed by atoms with E-state index in [4.69, 9.17) is 11.6 Å². The van der Waals surface area contributed by atoms with Crippen LogP contribution in [0.5, 0.6) is 0 Å². The first-order valence-corrected chi connectivity index (χ1v) is 10.4. The van der Waals surface area contributed by atoms with Gasteiger partial charge in [-0.25, -0.2) is 8.42 Å². The van der Waals surface area contributed by atoms with Gasteiger partial charge in [-0.05, 0) is 79.6 Å². The highest BCUT2D eigenvalue weighted by Crippen LogP contribution is 2.22. The van der Waals surface area contributed by atoms with Crippen LogP contribution in [0.15, 0.2) is 71.6 Å². The lowest BCUT2D eigenvalue weighted by Crippen LogP contribution is -2.15. The number of halogens is 1. The summed E-state index contributed by atoms with van der Waals surface area (Å²) in [5.41, 5.74) is 3.29. The maximum absolute atomic E-state index is 12.6. The van der Waals surface area contributed by atoms with Crippen molar-refractivity contribution >= 4 is 38.9 Å². The summed E-state index contributed by atoms with van der Waals surface area (Å²) in [6, 6.07) is 18.1. The van der Waals surface area contributed by atoms with Crippen molar-refractivity contribution < 1.29 is 13.2 Å². The summed E-state index contributed by atoms with van der Waals surface area (Å²) < 4.78 is 27.9. The molecule has 0 aliphatic heterocycles. The van der Waals surface area contributed by atoms with E-state index in [9.17, 15) is 13.2 Å². The van der Waals surface area contributed by atoms with Crippen LogP contribution in [0, 0.1) is 13.8 Å². The third kappa shape index (κ3) is 4.71. The van der Waals surface area contributed by atoms with Crippen LogP contribution in [0.3, 0.4) is 0 Å². The van der Waals surface area contributed by atoms with Crippen LogP contribution in [0.4, 0.5) is 11.4 Å². The number of carbonyl (C=O) groups is 1. The molecule has 3 aromatic carbocycles. The Bertz CT molecular complexity index is 1110. The first-order chi connectivity index (χ1) is 13.2. The lowest BCUT2D eigenvalue weighted by Gasteiger charge is -2.12. The van der Waals surface area contributed by atoms with Gasteiger partial charge in [0.25, 0.3) is 15.9 Å². The monoisotopic (exact) mass is 414 g/mol. The zero-order chi connectivity index (χ0) is 20.3. The Morgan fingerprint density at radius 3 is 2.18 bits per heavy atom. The molecule has 28 heavy (non-hydrogen) atoms. The van der Waals surface area contributed by atoms with Crippen molar-refractivity contribution in [3.63, 3.8) is 0 Å². The minimum absolute atomic E-state index is 0.109. The van der Waals surface area contributed by atoms with Crippen LogP contribution in [0.2, 0.25) is 5.02 Å². The zero-order valence-corrected chi connectivity index (χ0v) is 16.9. The predicted molar refractivity (Wildman–Crippen MR) is 113 cm³/mol. The van der Waals surface area contributed by atoms with Gasteiger partial charge in [0.15, 0.2) is 0 Å². The van der Waals surface area contributed by atoms with Crippen molar-refractivity contribution in [3.8, 4) is 0 Å². The van der Waals surface area contributed by atoms with E-state index >= 15 is 0 Å². The molecule has 0 saturated heterocycles. The quantitative estimate of drug-likeness (QED) is 0.616. The van der Waals surface area contributed by atoms with E-state index in [1.165, 1.54) is 12.1 Å². The number of nitrogens with one attached hydrogen (secondary N) is 2. The summed E-state index contributed by atoms with van der Waals surface area (Å²) in [6.07, 6.45) is 0. The molecule has 0 aliphatic rings. The van der Waals surface area contributed by atoms with Crippen molar-refractivity contribution in [1.29, 1.82) is 0 Å². The predicted octanol–water partition coefficient (Wildman–Crippen LogP) is 5.01. The molecule has 144 valence electrons. The number of sulfonamides is 1. The number of amides is 1. The Labute approximate surface area is 169 Å². The fraction of sp³-hybridized carbons (Fsp3) is 0.0952. The number of carbonyl (C=O) groups excluding carboxylic acids is 1. The molecule has 0 aromatic heterocycles. The molecule has 5 nitrogen and oxygen atoms in total. The number of benzene rings is 3. The van der Waals surface area contributed by atoms with Crippen LogP contribution in [-0.4, -0.2) is 14.3 Å². The number of anilines is 2. The Morgan fingerprint density at radius 2 is 1.54 bits per heavy atom. The van der Waals surface area contributed by atoms with Crippen molar-refractivity contribution in [2.45, 2.75) is 18.7 Å². The van der Waals surface area contributed by atoms with Crippen molar-refractivity contribution in [2.75, 3.05) is 10.0 Å². The largest absolute Gasteiger partial charge is 0.322 e. The summed E-state index contributed by atoms with van der Waals surface area (Å²) in [4.78, 5) is 12.3. The molecule has 0 heterocycles. The van der Waals surface area contributed by atoms with E-state index in [1.807, 2.05) is 26.0 Å². The molecule has 0 saturated carbocycles. The van der Waals surface area contributed by atoms with Crippen LogP contribution >= 0.6 is 11.6 Å². The third-order valence-electron chi connectivity index (χ3n) is 4.17. The lowest BCUT2D eigenvalue weighted by molar-refractivity contribution is 0.102. The molecule has 3 aromatic rings. The van der Waals surface area contributed by atoms with Gasteiger partial charge in [-0.3, -0.25) is 9.52 Å². The molecular formula is C21H19ClN2O3S. The molecule has 0 bridgehead atoms. The van der Waals surface area contributed by atoms with Crippen molar-refractivity contribution in [3.05, 3.63) is 88.4 Å². The first-order valence-electron chi connectivity index (χ1n) is 8.52.